The van der Waals surface area contributed by atoms with Gasteiger partial charge in [0.25, 0.3) is 5.69 Å². The minimum atomic E-state index is -0.705. The van der Waals surface area contributed by atoms with Gasteiger partial charge in [0.15, 0.2) is 5.75 Å². The molecule has 2 aromatic carbocycles. The number of nitro benzene ring substituents is 1. The molecule has 0 aliphatic carbocycles. The molecule has 138 valence electrons. The van der Waals surface area contributed by atoms with E-state index >= 15 is 0 Å². The van der Waals surface area contributed by atoms with E-state index in [1.54, 1.807) is 18.2 Å². The molecule has 0 unspecified atom stereocenters. The normalized spacial score (nSPS) is 10.4. The summed E-state index contributed by atoms with van der Waals surface area (Å²) in [6.45, 7) is 0.0136. The molecule has 0 atom stereocenters. The highest BCUT2D eigenvalue weighted by Gasteiger charge is 2.20. The lowest BCUT2D eigenvalue weighted by Gasteiger charge is -2.12. The molecular weight excluding hydrogens is 385 g/mol. The molecule has 0 aliphatic rings. The van der Waals surface area contributed by atoms with E-state index in [9.17, 15) is 14.9 Å². The molecule has 7 nitrogen and oxygen atoms in total. The summed E-state index contributed by atoms with van der Waals surface area (Å²) in [7, 11) is 1.37. The van der Waals surface area contributed by atoms with E-state index in [1.165, 1.54) is 25.3 Å². The van der Waals surface area contributed by atoms with Gasteiger partial charge in [0.2, 0.25) is 0 Å². The number of methoxy groups -OCH3 is 1. The maximum Gasteiger partial charge on any atom is 0.343 e. The van der Waals surface area contributed by atoms with Crippen molar-refractivity contribution in [2.45, 2.75) is 6.61 Å². The molecule has 2 rings (SSSR count). The van der Waals surface area contributed by atoms with Crippen LogP contribution in [0, 0.1) is 10.1 Å². The first-order chi connectivity index (χ1) is 12.5. The van der Waals surface area contributed by atoms with E-state index in [4.69, 9.17) is 37.4 Å². The third kappa shape index (κ3) is 4.85. The van der Waals surface area contributed by atoms with Gasteiger partial charge in [0, 0.05) is 6.07 Å². The molecule has 0 aliphatic heterocycles. The Morgan fingerprint density at radius 2 is 1.81 bits per heavy atom. The molecule has 0 saturated carbocycles. The van der Waals surface area contributed by atoms with Crippen molar-refractivity contribution < 1.29 is 23.9 Å². The van der Waals surface area contributed by atoms with Gasteiger partial charge in [0.05, 0.1) is 40.9 Å². The second-order valence-electron chi connectivity index (χ2n) is 5.01. The Morgan fingerprint density at radius 1 is 1.12 bits per heavy atom. The van der Waals surface area contributed by atoms with Crippen molar-refractivity contribution >= 4 is 34.9 Å². The van der Waals surface area contributed by atoms with Crippen molar-refractivity contribution in [1.82, 2.24) is 0 Å². The average molecular weight is 400 g/mol. The highest BCUT2D eigenvalue weighted by molar-refractivity contribution is 6.37. The Kier molecular flexibility index (Phi) is 7.20. The number of benzene rings is 2. The molecule has 0 bridgehead atoms. The van der Waals surface area contributed by atoms with E-state index in [1.807, 2.05) is 0 Å². The van der Waals surface area contributed by atoms with Crippen molar-refractivity contribution in [3.8, 4) is 5.75 Å². The molecule has 0 heterocycles. The fourth-order valence-corrected chi connectivity index (χ4v) is 2.64. The van der Waals surface area contributed by atoms with Crippen LogP contribution in [0.25, 0.3) is 0 Å². The van der Waals surface area contributed by atoms with Crippen LogP contribution in [0.3, 0.4) is 0 Å². The van der Waals surface area contributed by atoms with Crippen LogP contribution in [0.5, 0.6) is 5.75 Å². The van der Waals surface area contributed by atoms with Gasteiger partial charge in [-0.2, -0.15) is 0 Å². The zero-order valence-corrected chi connectivity index (χ0v) is 15.2. The summed E-state index contributed by atoms with van der Waals surface area (Å²) in [5.74, 6) is -0.575. The smallest absolute Gasteiger partial charge is 0.343 e. The van der Waals surface area contributed by atoms with Crippen molar-refractivity contribution in [2.75, 3.05) is 20.3 Å². The van der Waals surface area contributed by atoms with Crippen molar-refractivity contribution in [3.05, 3.63) is 67.7 Å². The summed E-state index contributed by atoms with van der Waals surface area (Å²) in [5, 5.41) is 11.3. The molecule has 0 saturated heterocycles. The predicted molar refractivity (Wildman–Crippen MR) is 96.0 cm³/mol. The number of ether oxygens (including phenoxy) is 3. The fourth-order valence-electron chi connectivity index (χ4n) is 2.18. The number of hydrogen-bond donors (Lipinski definition) is 0. The second-order valence-corrected chi connectivity index (χ2v) is 5.83. The van der Waals surface area contributed by atoms with Gasteiger partial charge in [-0.15, -0.1) is 0 Å². The Hall–Kier alpha value is -2.35. The zero-order valence-electron chi connectivity index (χ0n) is 13.7. The first kappa shape index (κ1) is 20.0. The maximum atomic E-state index is 12.2. The molecule has 0 spiro atoms. The summed E-state index contributed by atoms with van der Waals surface area (Å²) in [5.41, 5.74) is 0.434. The molecule has 2 aromatic rings. The molecule has 0 amide bonds. The molecule has 9 heteroatoms. The number of hydrogen-bond acceptors (Lipinski definition) is 6. The molecule has 0 fully saturated rings. The quantitative estimate of drug-likeness (QED) is 0.284. The number of esters is 1. The third-order valence-corrected chi connectivity index (χ3v) is 3.99. The van der Waals surface area contributed by atoms with Crippen LogP contribution in [-0.4, -0.2) is 31.2 Å². The SMILES string of the molecule is COc1c(Cl)ccc(Cl)c1C(=O)OCCOCc1ccccc1[N+](=O)[O-]. The summed E-state index contributed by atoms with van der Waals surface area (Å²) in [4.78, 5) is 22.6. The van der Waals surface area contributed by atoms with Gasteiger partial charge in [-0.05, 0) is 18.2 Å². The Balaban J connectivity index is 1.89. The second kappa shape index (κ2) is 9.38. The van der Waals surface area contributed by atoms with Crippen LogP contribution in [0.2, 0.25) is 10.0 Å². The summed E-state index contributed by atoms with van der Waals surface area (Å²) < 4.78 is 15.5. The molecule has 0 N–H and O–H groups in total. The summed E-state index contributed by atoms with van der Waals surface area (Å²) in [6.07, 6.45) is 0. The predicted octanol–water partition coefficient (Wildman–Crippen LogP) is 4.28. The Bertz CT molecular complexity index is 812. The summed E-state index contributed by atoms with van der Waals surface area (Å²) >= 11 is 12.0. The highest BCUT2D eigenvalue weighted by Crippen LogP contribution is 2.34. The van der Waals surface area contributed by atoms with Gasteiger partial charge >= 0.3 is 5.97 Å². The number of nitro groups is 1. The van der Waals surface area contributed by atoms with Gasteiger partial charge in [-0.25, -0.2) is 4.79 Å². The first-order valence-electron chi connectivity index (χ1n) is 7.44. The number of halogens is 2. The number of rotatable bonds is 8. The first-order valence-corrected chi connectivity index (χ1v) is 8.20. The van der Waals surface area contributed by atoms with Gasteiger partial charge in [-0.3, -0.25) is 10.1 Å². The number of nitrogens with zero attached hydrogens (tertiary/aromatic N) is 1. The van der Waals surface area contributed by atoms with Crippen molar-refractivity contribution in [3.63, 3.8) is 0 Å². The van der Waals surface area contributed by atoms with Gasteiger partial charge < -0.3 is 14.2 Å². The topological polar surface area (TPSA) is 87.9 Å². The van der Waals surface area contributed by atoms with E-state index < -0.39 is 10.9 Å². The Labute approximate surface area is 159 Å². The third-order valence-electron chi connectivity index (χ3n) is 3.37. The minimum absolute atomic E-state index is 0.0238. The number of carbonyl (C=O) groups is 1. The molecule has 26 heavy (non-hydrogen) atoms. The van der Waals surface area contributed by atoms with E-state index in [-0.39, 0.29) is 46.9 Å². The average Bonchev–Trinajstić information content (AvgIpc) is 2.63. The lowest BCUT2D eigenvalue weighted by molar-refractivity contribution is -0.386. The maximum absolute atomic E-state index is 12.2. The van der Waals surface area contributed by atoms with E-state index in [0.29, 0.717) is 5.56 Å². The zero-order chi connectivity index (χ0) is 19.1. The largest absolute Gasteiger partial charge is 0.494 e. The lowest BCUT2D eigenvalue weighted by atomic mass is 10.2. The van der Waals surface area contributed by atoms with Crippen LogP contribution < -0.4 is 4.74 Å². The minimum Gasteiger partial charge on any atom is -0.494 e. The van der Waals surface area contributed by atoms with E-state index in [0.717, 1.165) is 0 Å². The summed E-state index contributed by atoms with van der Waals surface area (Å²) in [6, 6.07) is 9.22. The fraction of sp³-hybridized carbons (Fsp3) is 0.235. The standard InChI is InChI=1S/C17H15Cl2NO6/c1-24-16-13(19)7-6-12(18)15(16)17(21)26-9-8-25-10-11-4-2-3-5-14(11)20(22)23/h2-7H,8-10H2,1H3. The lowest BCUT2D eigenvalue weighted by Crippen LogP contribution is -2.13. The highest BCUT2D eigenvalue weighted by atomic mass is 35.5. The van der Waals surface area contributed by atoms with Crippen LogP contribution in [0.4, 0.5) is 5.69 Å². The van der Waals surface area contributed by atoms with Crippen molar-refractivity contribution in [2.24, 2.45) is 0 Å². The van der Waals surface area contributed by atoms with Crippen LogP contribution in [0.15, 0.2) is 36.4 Å². The monoisotopic (exact) mass is 399 g/mol. The van der Waals surface area contributed by atoms with Gasteiger partial charge in [0.1, 0.15) is 12.2 Å². The molecule has 0 radical (unpaired) electrons. The van der Waals surface area contributed by atoms with Crippen LogP contribution >= 0.6 is 23.2 Å². The van der Waals surface area contributed by atoms with Crippen LogP contribution in [-0.2, 0) is 16.1 Å². The van der Waals surface area contributed by atoms with E-state index in [2.05, 4.69) is 0 Å². The molecule has 0 aromatic heterocycles. The van der Waals surface area contributed by atoms with Gasteiger partial charge in [-0.1, -0.05) is 35.3 Å². The Morgan fingerprint density at radius 3 is 2.50 bits per heavy atom. The molecular formula is C17H15Cl2NO6. The number of carbonyl (C=O) groups excluding carboxylic acids is 1. The van der Waals surface area contributed by atoms with Crippen molar-refractivity contribution in [1.29, 1.82) is 0 Å². The van der Waals surface area contributed by atoms with Crippen LogP contribution in [0.1, 0.15) is 15.9 Å². The number of para-hydroxylation sites is 1.